The maximum atomic E-state index is 14.4. The Balaban J connectivity index is 2.21. The number of hydrogen-bond acceptors (Lipinski definition) is 2. The standard InChI is InChI=1S/C11H17ClFN3/c1-7-10(12)9(16(2)15-7)6-11(13)4-3-8(14)5-11/h8H,3-6,14H2,1-2H3. The van der Waals surface area contributed by atoms with Crippen LogP contribution in [0.25, 0.3) is 0 Å². The third kappa shape index (κ3) is 2.09. The van der Waals surface area contributed by atoms with Gasteiger partial charge in [0.2, 0.25) is 0 Å². The van der Waals surface area contributed by atoms with E-state index in [1.807, 2.05) is 6.92 Å². The average Bonchev–Trinajstić information content (AvgIpc) is 2.63. The highest BCUT2D eigenvalue weighted by molar-refractivity contribution is 6.31. The van der Waals surface area contributed by atoms with E-state index < -0.39 is 5.67 Å². The number of hydrogen-bond donors (Lipinski definition) is 1. The number of rotatable bonds is 2. The van der Waals surface area contributed by atoms with Gasteiger partial charge in [0.05, 0.1) is 16.4 Å². The van der Waals surface area contributed by atoms with Gasteiger partial charge < -0.3 is 5.73 Å². The summed E-state index contributed by atoms with van der Waals surface area (Å²) >= 11 is 6.11. The summed E-state index contributed by atoms with van der Waals surface area (Å²) in [5.74, 6) is 0. The van der Waals surface area contributed by atoms with E-state index in [1.165, 1.54) is 0 Å². The summed E-state index contributed by atoms with van der Waals surface area (Å²) in [5.41, 5.74) is 6.07. The fourth-order valence-electron chi connectivity index (χ4n) is 2.45. The molecule has 0 saturated heterocycles. The van der Waals surface area contributed by atoms with Crippen LogP contribution in [0.4, 0.5) is 4.39 Å². The summed E-state index contributed by atoms with van der Waals surface area (Å²) in [5, 5.41) is 4.77. The fourth-order valence-corrected chi connectivity index (χ4v) is 2.68. The molecule has 1 aromatic heterocycles. The van der Waals surface area contributed by atoms with Crippen molar-refractivity contribution in [3.63, 3.8) is 0 Å². The molecule has 90 valence electrons. The van der Waals surface area contributed by atoms with Gasteiger partial charge in [-0.15, -0.1) is 0 Å². The largest absolute Gasteiger partial charge is 0.328 e. The number of aromatic nitrogens is 2. The molecule has 16 heavy (non-hydrogen) atoms. The first-order valence-electron chi connectivity index (χ1n) is 5.54. The molecule has 1 aromatic rings. The molecule has 1 aliphatic carbocycles. The number of nitrogens with two attached hydrogens (primary N) is 1. The van der Waals surface area contributed by atoms with Crippen LogP contribution in [0.2, 0.25) is 5.02 Å². The van der Waals surface area contributed by atoms with Crippen LogP contribution in [0.1, 0.15) is 30.7 Å². The second-order valence-electron chi connectivity index (χ2n) is 4.80. The van der Waals surface area contributed by atoms with Crippen LogP contribution in [0.3, 0.4) is 0 Å². The highest BCUT2D eigenvalue weighted by Crippen LogP contribution is 2.37. The quantitative estimate of drug-likeness (QED) is 0.868. The van der Waals surface area contributed by atoms with E-state index in [0.29, 0.717) is 24.3 Å². The smallest absolute Gasteiger partial charge is 0.118 e. The molecule has 2 atom stereocenters. The highest BCUT2D eigenvalue weighted by Gasteiger charge is 2.39. The average molecular weight is 246 g/mol. The monoisotopic (exact) mass is 245 g/mol. The molecule has 2 rings (SSSR count). The zero-order chi connectivity index (χ0) is 11.9. The van der Waals surface area contributed by atoms with Gasteiger partial charge in [-0.05, 0) is 26.2 Å². The molecule has 2 unspecified atom stereocenters. The van der Waals surface area contributed by atoms with Crippen LogP contribution >= 0.6 is 11.6 Å². The molecule has 1 heterocycles. The van der Waals surface area contributed by atoms with Crippen LogP contribution in [0.5, 0.6) is 0 Å². The van der Waals surface area contributed by atoms with Gasteiger partial charge in [0, 0.05) is 19.5 Å². The SMILES string of the molecule is Cc1nn(C)c(CC2(F)CCC(N)C2)c1Cl. The summed E-state index contributed by atoms with van der Waals surface area (Å²) in [6.45, 7) is 1.83. The van der Waals surface area contributed by atoms with Crippen molar-refractivity contribution in [3.05, 3.63) is 16.4 Å². The van der Waals surface area contributed by atoms with E-state index in [-0.39, 0.29) is 6.04 Å². The zero-order valence-corrected chi connectivity index (χ0v) is 10.4. The van der Waals surface area contributed by atoms with E-state index in [1.54, 1.807) is 11.7 Å². The van der Waals surface area contributed by atoms with Crippen molar-refractivity contribution in [3.8, 4) is 0 Å². The second kappa shape index (κ2) is 4.00. The molecule has 1 saturated carbocycles. The van der Waals surface area contributed by atoms with E-state index in [4.69, 9.17) is 17.3 Å². The number of alkyl halides is 1. The first-order chi connectivity index (χ1) is 7.41. The normalized spacial score (nSPS) is 29.9. The summed E-state index contributed by atoms with van der Waals surface area (Å²) in [4.78, 5) is 0. The predicted octanol–water partition coefficient (Wildman–Crippen LogP) is 2.14. The minimum Gasteiger partial charge on any atom is -0.328 e. The van der Waals surface area contributed by atoms with Crippen molar-refractivity contribution >= 4 is 11.6 Å². The Kier molecular flexibility index (Phi) is 2.97. The third-order valence-corrected chi connectivity index (χ3v) is 3.83. The summed E-state index contributed by atoms with van der Waals surface area (Å²) < 4.78 is 16.1. The van der Waals surface area contributed by atoms with E-state index in [2.05, 4.69) is 5.10 Å². The van der Waals surface area contributed by atoms with Gasteiger partial charge in [0.15, 0.2) is 0 Å². The molecule has 0 amide bonds. The van der Waals surface area contributed by atoms with Gasteiger partial charge in [-0.3, -0.25) is 4.68 Å². The van der Waals surface area contributed by atoms with Crippen molar-refractivity contribution in [1.82, 2.24) is 9.78 Å². The van der Waals surface area contributed by atoms with Crippen LogP contribution in [0, 0.1) is 6.92 Å². The van der Waals surface area contributed by atoms with Gasteiger partial charge in [0.25, 0.3) is 0 Å². The second-order valence-corrected chi connectivity index (χ2v) is 5.18. The van der Waals surface area contributed by atoms with Crippen LogP contribution in [-0.4, -0.2) is 21.5 Å². The van der Waals surface area contributed by atoms with Crippen LogP contribution in [-0.2, 0) is 13.5 Å². The van der Waals surface area contributed by atoms with Gasteiger partial charge in [-0.25, -0.2) is 4.39 Å². The number of aryl methyl sites for hydroxylation is 2. The maximum Gasteiger partial charge on any atom is 0.118 e. The topological polar surface area (TPSA) is 43.8 Å². The molecule has 2 N–H and O–H groups in total. The predicted molar refractivity (Wildman–Crippen MR) is 62.3 cm³/mol. The van der Waals surface area contributed by atoms with Crippen molar-refractivity contribution in [2.24, 2.45) is 12.8 Å². The van der Waals surface area contributed by atoms with Crippen LogP contribution in [0.15, 0.2) is 0 Å². The lowest BCUT2D eigenvalue weighted by atomic mass is 9.97. The molecular weight excluding hydrogens is 229 g/mol. The van der Waals surface area contributed by atoms with Crippen molar-refractivity contribution < 1.29 is 4.39 Å². The number of halogens is 2. The molecule has 0 aromatic carbocycles. The molecule has 0 spiro atoms. The Hall–Kier alpha value is -0.610. The first-order valence-corrected chi connectivity index (χ1v) is 5.91. The highest BCUT2D eigenvalue weighted by atomic mass is 35.5. The molecule has 3 nitrogen and oxygen atoms in total. The minimum absolute atomic E-state index is 0.0156. The van der Waals surface area contributed by atoms with E-state index >= 15 is 0 Å². The molecule has 1 fully saturated rings. The van der Waals surface area contributed by atoms with Crippen molar-refractivity contribution in [1.29, 1.82) is 0 Å². The molecule has 0 aliphatic heterocycles. The Bertz CT molecular complexity index is 404. The van der Waals surface area contributed by atoms with Gasteiger partial charge in [0.1, 0.15) is 5.67 Å². The molecule has 5 heteroatoms. The Morgan fingerprint density at radius 1 is 1.69 bits per heavy atom. The number of nitrogens with zero attached hydrogens (tertiary/aromatic N) is 2. The summed E-state index contributed by atoms with van der Waals surface area (Å²) in [6.07, 6.45) is 2.02. The molecular formula is C11H17ClFN3. The van der Waals surface area contributed by atoms with Gasteiger partial charge in [-0.2, -0.15) is 5.10 Å². The fraction of sp³-hybridized carbons (Fsp3) is 0.727. The minimum atomic E-state index is -1.21. The Morgan fingerprint density at radius 2 is 2.38 bits per heavy atom. The zero-order valence-electron chi connectivity index (χ0n) is 9.63. The van der Waals surface area contributed by atoms with Gasteiger partial charge >= 0.3 is 0 Å². The van der Waals surface area contributed by atoms with E-state index in [0.717, 1.165) is 17.8 Å². The molecule has 0 radical (unpaired) electrons. The molecule has 0 bridgehead atoms. The first kappa shape index (κ1) is 11.9. The van der Waals surface area contributed by atoms with Crippen molar-refractivity contribution in [2.45, 2.75) is 44.3 Å². The lowest BCUT2D eigenvalue weighted by Gasteiger charge is -2.19. The Labute approximate surface area is 99.8 Å². The lowest BCUT2D eigenvalue weighted by molar-refractivity contribution is 0.167. The van der Waals surface area contributed by atoms with Crippen molar-refractivity contribution in [2.75, 3.05) is 0 Å². The third-order valence-electron chi connectivity index (χ3n) is 3.34. The van der Waals surface area contributed by atoms with Crippen LogP contribution < -0.4 is 5.73 Å². The summed E-state index contributed by atoms with van der Waals surface area (Å²) in [7, 11) is 1.80. The van der Waals surface area contributed by atoms with E-state index in [9.17, 15) is 4.39 Å². The summed E-state index contributed by atoms with van der Waals surface area (Å²) in [6, 6.07) is -0.0156. The van der Waals surface area contributed by atoms with Gasteiger partial charge in [-0.1, -0.05) is 11.6 Å². The maximum absolute atomic E-state index is 14.4. The lowest BCUT2D eigenvalue weighted by Crippen LogP contribution is -2.26. The molecule has 1 aliphatic rings. The Morgan fingerprint density at radius 3 is 2.81 bits per heavy atom.